The van der Waals surface area contributed by atoms with Crippen LogP contribution >= 0.6 is 0 Å². The number of fused-ring (bicyclic) bond motifs is 8. The number of aliphatic hydroxyl groups is 1. The van der Waals surface area contributed by atoms with E-state index >= 15 is 0 Å². The van der Waals surface area contributed by atoms with Crippen LogP contribution in [-0.2, 0) is 19.0 Å². The Morgan fingerprint density at radius 2 is 1.85 bits per heavy atom. The van der Waals surface area contributed by atoms with Gasteiger partial charge in [-0.1, -0.05) is 13.8 Å². The summed E-state index contributed by atoms with van der Waals surface area (Å²) in [6, 6.07) is 0. The van der Waals surface area contributed by atoms with Gasteiger partial charge in [0.1, 0.15) is 5.60 Å². The van der Waals surface area contributed by atoms with Crippen LogP contribution in [0, 0.1) is 23.7 Å². The fourth-order valence-electron chi connectivity index (χ4n) is 7.01. The highest BCUT2D eigenvalue weighted by Gasteiger charge is 2.68. The maximum atomic E-state index is 11.9. The molecule has 0 radical (unpaired) electrons. The average Bonchev–Trinajstić information content (AvgIpc) is 2.87. The summed E-state index contributed by atoms with van der Waals surface area (Å²) in [5, 5.41) is 10.7. The molecule has 4 bridgehead atoms. The highest BCUT2D eigenvalue weighted by Crippen LogP contribution is 2.61. The molecule has 1 saturated carbocycles. The largest absolute Gasteiger partial charge is 0.459 e. The van der Waals surface area contributed by atoms with E-state index in [1.54, 1.807) is 0 Å². The number of carbonyl (C=O) groups excluding carboxylic acids is 1. The van der Waals surface area contributed by atoms with Crippen LogP contribution in [0.2, 0.25) is 0 Å². The predicted octanol–water partition coefficient (Wildman–Crippen LogP) is 3.47. The predicted molar refractivity (Wildman–Crippen MR) is 101 cm³/mol. The van der Waals surface area contributed by atoms with Gasteiger partial charge in [0.25, 0.3) is 0 Å². The number of hydrogen-bond acceptors (Lipinski definition) is 5. The monoisotopic (exact) mass is 380 g/mol. The van der Waals surface area contributed by atoms with Crippen molar-refractivity contribution in [3.8, 4) is 0 Å². The SMILES string of the molecule is CC(=O)OC1(C)CCC(C(C)C)C2C3OC(CC4(C)OC3(C)CCC4O)C21. The minimum atomic E-state index is -0.598. The Labute approximate surface area is 163 Å². The summed E-state index contributed by atoms with van der Waals surface area (Å²) in [6.07, 6.45) is 3.60. The number of ether oxygens (including phenoxy) is 3. The topological polar surface area (TPSA) is 65.0 Å². The van der Waals surface area contributed by atoms with Crippen molar-refractivity contribution in [2.75, 3.05) is 0 Å². The van der Waals surface area contributed by atoms with Crippen LogP contribution in [0.25, 0.3) is 0 Å². The first kappa shape index (κ1) is 19.7. The minimum absolute atomic E-state index is 0.00981. The van der Waals surface area contributed by atoms with Crippen LogP contribution in [-0.4, -0.2) is 46.2 Å². The number of hydrogen-bond donors (Lipinski definition) is 1. The number of rotatable bonds is 2. The van der Waals surface area contributed by atoms with Gasteiger partial charge in [0.15, 0.2) is 0 Å². The summed E-state index contributed by atoms with van der Waals surface area (Å²) in [5.74, 6) is 1.34. The third-order valence-corrected chi connectivity index (χ3v) is 8.19. The van der Waals surface area contributed by atoms with E-state index < -0.39 is 22.9 Å². The van der Waals surface area contributed by atoms with Gasteiger partial charge >= 0.3 is 5.97 Å². The van der Waals surface area contributed by atoms with E-state index in [9.17, 15) is 9.90 Å². The van der Waals surface area contributed by atoms with Crippen molar-refractivity contribution in [1.82, 2.24) is 0 Å². The van der Waals surface area contributed by atoms with Crippen molar-refractivity contribution in [1.29, 1.82) is 0 Å². The molecule has 3 saturated heterocycles. The maximum absolute atomic E-state index is 11.9. The van der Waals surface area contributed by atoms with Gasteiger partial charge in [-0.05, 0) is 58.3 Å². The van der Waals surface area contributed by atoms with Gasteiger partial charge in [-0.2, -0.15) is 0 Å². The van der Waals surface area contributed by atoms with Gasteiger partial charge < -0.3 is 19.3 Å². The van der Waals surface area contributed by atoms with Gasteiger partial charge in [-0.25, -0.2) is 0 Å². The quantitative estimate of drug-likeness (QED) is 0.743. The highest BCUT2D eigenvalue weighted by molar-refractivity contribution is 5.66. The molecule has 5 nitrogen and oxygen atoms in total. The Kier molecular flexibility index (Phi) is 4.49. The summed E-state index contributed by atoms with van der Waals surface area (Å²) >= 11 is 0. The molecule has 3 aliphatic heterocycles. The van der Waals surface area contributed by atoms with Gasteiger partial charge in [0.05, 0.1) is 29.5 Å². The van der Waals surface area contributed by atoms with Crippen LogP contribution in [0.4, 0.5) is 0 Å². The zero-order valence-corrected chi connectivity index (χ0v) is 17.7. The second-order valence-corrected chi connectivity index (χ2v) is 10.5. The fourth-order valence-corrected chi connectivity index (χ4v) is 7.01. The lowest BCUT2D eigenvalue weighted by molar-refractivity contribution is -0.251. The molecule has 0 aromatic rings. The molecule has 0 aromatic carbocycles. The average molecular weight is 381 g/mol. The molecule has 4 fully saturated rings. The number of aliphatic hydroxyl groups excluding tert-OH is 1. The van der Waals surface area contributed by atoms with Crippen LogP contribution in [0.1, 0.15) is 73.6 Å². The second kappa shape index (κ2) is 6.17. The van der Waals surface area contributed by atoms with Gasteiger partial charge in [-0.3, -0.25) is 4.79 Å². The first-order valence-corrected chi connectivity index (χ1v) is 10.7. The standard InChI is InChI=1S/C22H36O5/c1-12(2)14-7-9-20(4,26-13(3)23)18-15-11-22(6)16(24)8-10-21(5,27-22)19(25-15)17(14)18/h12,14-19,24H,7-11H2,1-6H3. The molecule has 154 valence electrons. The summed E-state index contributed by atoms with van der Waals surface area (Å²) < 4.78 is 19.3. The Morgan fingerprint density at radius 3 is 2.48 bits per heavy atom. The van der Waals surface area contributed by atoms with Crippen molar-refractivity contribution in [3.63, 3.8) is 0 Å². The normalized spacial score (nSPS) is 54.4. The Balaban J connectivity index is 1.79. The molecule has 3 heterocycles. The lowest BCUT2D eigenvalue weighted by Crippen LogP contribution is -2.63. The maximum Gasteiger partial charge on any atom is 0.303 e. The van der Waals surface area contributed by atoms with E-state index in [0.29, 0.717) is 24.2 Å². The van der Waals surface area contributed by atoms with Crippen LogP contribution in [0.3, 0.4) is 0 Å². The smallest absolute Gasteiger partial charge is 0.303 e. The summed E-state index contributed by atoms with van der Waals surface area (Å²) in [5.41, 5.74) is -1.51. The number of carbonyl (C=O) groups is 1. The molecule has 1 N–H and O–H groups in total. The highest BCUT2D eigenvalue weighted by atomic mass is 16.6. The van der Waals surface area contributed by atoms with Gasteiger partial charge in [-0.15, -0.1) is 0 Å². The molecule has 0 spiro atoms. The number of esters is 1. The van der Waals surface area contributed by atoms with E-state index in [1.165, 1.54) is 6.92 Å². The zero-order valence-electron chi connectivity index (χ0n) is 17.7. The van der Waals surface area contributed by atoms with E-state index in [0.717, 1.165) is 25.7 Å². The first-order chi connectivity index (χ1) is 12.5. The lowest BCUT2D eigenvalue weighted by Gasteiger charge is -2.55. The first-order valence-electron chi connectivity index (χ1n) is 10.7. The summed E-state index contributed by atoms with van der Waals surface area (Å²) in [7, 11) is 0. The summed E-state index contributed by atoms with van der Waals surface area (Å²) in [4.78, 5) is 11.9. The fraction of sp³-hybridized carbons (Fsp3) is 0.955. The molecular weight excluding hydrogens is 344 g/mol. The molecule has 27 heavy (non-hydrogen) atoms. The van der Waals surface area contributed by atoms with Crippen molar-refractivity contribution in [2.45, 2.75) is 109 Å². The molecule has 4 aliphatic rings. The molecule has 0 amide bonds. The molecule has 5 heteroatoms. The molecule has 4 rings (SSSR count). The van der Waals surface area contributed by atoms with Crippen LogP contribution in [0.15, 0.2) is 0 Å². The molecule has 1 aliphatic carbocycles. The van der Waals surface area contributed by atoms with Gasteiger partial charge in [0.2, 0.25) is 0 Å². The minimum Gasteiger partial charge on any atom is -0.459 e. The zero-order chi connectivity index (χ0) is 19.8. The van der Waals surface area contributed by atoms with Crippen molar-refractivity contribution in [3.05, 3.63) is 0 Å². The molecule has 9 atom stereocenters. The van der Waals surface area contributed by atoms with E-state index in [-0.39, 0.29) is 24.1 Å². The Morgan fingerprint density at radius 1 is 1.15 bits per heavy atom. The second-order valence-electron chi connectivity index (χ2n) is 10.5. The van der Waals surface area contributed by atoms with E-state index in [1.807, 2.05) is 6.92 Å². The van der Waals surface area contributed by atoms with Gasteiger partial charge in [0, 0.05) is 25.2 Å². The van der Waals surface area contributed by atoms with Crippen LogP contribution in [0.5, 0.6) is 0 Å². The lowest BCUT2D eigenvalue weighted by atomic mass is 9.56. The van der Waals surface area contributed by atoms with E-state index in [2.05, 4.69) is 27.7 Å². The van der Waals surface area contributed by atoms with Crippen molar-refractivity contribution >= 4 is 5.97 Å². The molecule has 9 unspecified atom stereocenters. The Bertz CT molecular complexity index is 620. The molecular formula is C22H36O5. The van der Waals surface area contributed by atoms with E-state index in [4.69, 9.17) is 14.2 Å². The van der Waals surface area contributed by atoms with Crippen molar-refractivity contribution < 1.29 is 24.1 Å². The third-order valence-electron chi connectivity index (χ3n) is 8.19. The van der Waals surface area contributed by atoms with Crippen LogP contribution < -0.4 is 0 Å². The Hall–Kier alpha value is -0.650. The molecule has 0 aromatic heterocycles. The third kappa shape index (κ3) is 2.87. The summed E-state index contributed by atoms with van der Waals surface area (Å²) in [6.45, 7) is 12.4. The van der Waals surface area contributed by atoms with Crippen molar-refractivity contribution in [2.24, 2.45) is 23.7 Å².